The molecule has 0 aliphatic rings. The molecule has 1 N–H and O–H groups in total. The molecule has 0 spiro atoms. The molecule has 0 saturated carbocycles. The van der Waals surface area contributed by atoms with Crippen molar-refractivity contribution in [3.05, 3.63) is 42.5 Å². The molecule has 0 radical (unpaired) electrons. The Kier molecular flexibility index (Phi) is 4.80. The predicted octanol–water partition coefficient (Wildman–Crippen LogP) is 3.85. The van der Waals surface area contributed by atoms with Gasteiger partial charge in [0.1, 0.15) is 12.4 Å². The van der Waals surface area contributed by atoms with Gasteiger partial charge in [0.25, 0.3) is 0 Å². The Hall–Kier alpha value is -1.54. The molecule has 0 amide bonds. The number of benzene rings is 2. The van der Waals surface area contributed by atoms with Crippen LogP contribution in [-0.4, -0.2) is 19.2 Å². The smallest absolute Gasteiger partial charge is 0.127 e. The topological polar surface area (TPSA) is 21.3 Å². The monoisotopic (exact) mass is 257 g/mol. The molecule has 2 heteroatoms. The lowest BCUT2D eigenvalue weighted by molar-refractivity contribution is 0.234. The fourth-order valence-corrected chi connectivity index (χ4v) is 2.25. The van der Waals surface area contributed by atoms with Crippen LogP contribution in [0.25, 0.3) is 10.8 Å². The molecule has 0 fully saturated rings. The predicted molar refractivity (Wildman–Crippen MR) is 81.7 cm³/mol. The van der Waals surface area contributed by atoms with Crippen molar-refractivity contribution in [3.8, 4) is 5.75 Å². The van der Waals surface area contributed by atoms with Crippen LogP contribution in [-0.2, 0) is 0 Å². The molecule has 1 atom stereocenters. The molecule has 0 aliphatic heterocycles. The van der Waals surface area contributed by atoms with Crippen molar-refractivity contribution in [3.63, 3.8) is 0 Å². The summed E-state index contributed by atoms with van der Waals surface area (Å²) in [6.45, 7) is 8.26. The van der Waals surface area contributed by atoms with Crippen LogP contribution in [0.4, 0.5) is 0 Å². The molecule has 0 aromatic heterocycles. The maximum Gasteiger partial charge on any atom is 0.127 e. The van der Waals surface area contributed by atoms with E-state index in [1.54, 1.807) is 0 Å². The van der Waals surface area contributed by atoms with E-state index < -0.39 is 0 Å². The van der Waals surface area contributed by atoms with Gasteiger partial charge < -0.3 is 10.1 Å². The second kappa shape index (κ2) is 6.58. The number of nitrogens with one attached hydrogen (secondary N) is 1. The van der Waals surface area contributed by atoms with Crippen LogP contribution in [0.2, 0.25) is 0 Å². The average Bonchev–Trinajstić information content (AvgIpc) is 2.43. The van der Waals surface area contributed by atoms with Crippen LogP contribution in [0.3, 0.4) is 0 Å². The summed E-state index contributed by atoms with van der Waals surface area (Å²) in [4.78, 5) is 0. The fraction of sp³-hybridized carbons (Fsp3) is 0.412. The van der Waals surface area contributed by atoms with E-state index in [4.69, 9.17) is 4.74 Å². The van der Waals surface area contributed by atoms with Gasteiger partial charge in [0.15, 0.2) is 0 Å². The van der Waals surface area contributed by atoms with E-state index in [-0.39, 0.29) is 0 Å². The van der Waals surface area contributed by atoms with Gasteiger partial charge in [-0.05, 0) is 23.9 Å². The summed E-state index contributed by atoms with van der Waals surface area (Å²) in [6, 6.07) is 15.0. The minimum absolute atomic E-state index is 0.393. The number of likely N-dealkylation sites (N-methyl/N-ethyl adjacent to an activating group) is 1. The third-order valence-corrected chi connectivity index (χ3v) is 3.44. The first-order valence-corrected chi connectivity index (χ1v) is 7.06. The number of hydrogen-bond acceptors (Lipinski definition) is 2. The quantitative estimate of drug-likeness (QED) is 0.848. The highest BCUT2D eigenvalue weighted by atomic mass is 16.5. The molecule has 19 heavy (non-hydrogen) atoms. The van der Waals surface area contributed by atoms with E-state index in [0.717, 1.165) is 12.3 Å². The first-order valence-electron chi connectivity index (χ1n) is 7.06. The second-order valence-electron chi connectivity index (χ2n) is 5.20. The minimum Gasteiger partial charge on any atom is -0.491 e. The molecule has 1 unspecified atom stereocenters. The summed E-state index contributed by atoms with van der Waals surface area (Å²) in [6.07, 6.45) is 0. The van der Waals surface area contributed by atoms with E-state index in [9.17, 15) is 0 Å². The van der Waals surface area contributed by atoms with Gasteiger partial charge in [0.2, 0.25) is 0 Å². The molecular formula is C17H23NO. The van der Waals surface area contributed by atoms with Crippen LogP contribution in [0, 0.1) is 5.92 Å². The molecule has 2 nitrogen and oxygen atoms in total. The Morgan fingerprint density at radius 1 is 1.05 bits per heavy atom. The highest BCUT2D eigenvalue weighted by Crippen LogP contribution is 2.25. The van der Waals surface area contributed by atoms with Gasteiger partial charge >= 0.3 is 0 Å². The zero-order valence-electron chi connectivity index (χ0n) is 12.0. The number of ether oxygens (including phenoxy) is 1. The van der Waals surface area contributed by atoms with Crippen molar-refractivity contribution in [2.45, 2.75) is 26.8 Å². The van der Waals surface area contributed by atoms with Crippen LogP contribution in [0.15, 0.2) is 42.5 Å². The third kappa shape index (κ3) is 3.48. The minimum atomic E-state index is 0.393. The Labute approximate surface area is 115 Å². The molecule has 2 rings (SSSR count). The number of hydrogen-bond donors (Lipinski definition) is 1. The van der Waals surface area contributed by atoms with Gasteiger partial charge in [-0.3, -0.25) is 0 Å². The Bertz CT molecular complexity index is 516. The Morgan fingerprint density at radius 2 is 1.79 bits per heavy atom. The van der Waals surface area contributed by atoms with Crippen molar-refractivity contribution in [1.82, 2.24) is 5.32 Å². The zero-order valence-corrected chi connectivity index (χ0v) is 12.0. The molecule has 2 aromatic carbocycles. The second-order valence-corrected chi connectivity index (χ2v) is 5.20. The van der Waals surface area contributed by atoms with Gasteiger partial charge in [0.05, 0.1) is 0 Å². The maximum absolute atomic E-state index is 6.03. The molecule has 0 aliphatic carbocycles. The van der Waals surface area contributed by atoms with Gasteiger partial charge in [-0.25, -0.2) is 0 Å². The lowest BCUT2D eigenvalue weighted by Crippen LogP contribution is -2.38. The van der Waals surface area contributed by atoms with Crippen molar-refractivity contribution in [2.75, 3.05) is 13.2 Å². The van der Waals surface area contributed by atoms with Crippen molar-refractivity contribution < 1.29 is 4.74 Å². The highest BCUT2D eigenvalue weighted by molar-refractivity contribution is 5.88. The lowest BCUT2D eigenvalue weighted by Gasteiger charge is -2.22. The Morgan fingerprint density at radius 3 is 2.53 bits per heavy atom. The molecular weight excluding hydrogens is 234 g/mol. The highest BCUT2D eigenvalue weighted by Gasteiger charge is 2.13. The first-order chi connectivity index (χ1) is 9.22. The molecule has 0 heterocycles. The van der Waals surface area contributed by atoms with Crippen LogP contribution >= 0.6 is 0 Å². The largest absolute Gasteiger partial charge is 0.491 e. The fourth-order valence-electron chi connectivity index (χ4n) is 2.25. The molecule has 0 bridgehead atoms. The van der Waals surface area contributed by atoms with Gasteiger partial charge in [-0.1, -0.05) is 57.2 Å². The van der Waals surface area contributed by atoms with Crippen LogP contribution in [0.1, 0.15) is 20.8 Å². The summed E-state index contributed by atoms with van der Waals surface area (Å²) in [5.74, 6) is 1.54. The Balaban J connectivity index is 2.13. The van der Waals surface area contributed by atoms with E-state index in [0.29, 0.717) is 18.6 Å². The SMILES string of the molecule is CCNC(COc1cccc2ccccc12)C(C)C. The standard InChI is InChI=1S/C17H23NO/c1-4-18-16(13(2)3)12-19-17-11-7-9-14-8-5-6-10-15(14)17/h5-11,13,16,18H,4,12H2,1-3H3. The zero-order chi connectivity index (χ0) is 13.7. The maximum atomic E-state index is 6.03. The first kappa shape index (κ1) is 13.9. The van der Waals surface area contributed by atoms with Gasteiger partial charge in [-0.15, -0.1) is 0 Å². The summed E-state index contributed by atoms with van der Waals surface area (Å²) in [5.41, 5.74) is 0. The summed E-state index contributed by atoms with van der Waals surface area (Å²) in [7, 11) is 0. The molecule has 0 saturated heterocycles. The van der Waals surface area contributed by atoms with Crippen molar-refractivity contribution >= 4 is 10.8 Å². The van der Waals surface area contributed by atoms with Crippen molar-refractivity contribution in [2.24, 2.45) is 5.92 Å². The molecule has 102 valence electrons. The van der Waals surface area contributed by atoms with E-state index in [2.05, 4.69) is 62.5 Å². The van der Waals surface area contributed by atoms with Crippen LogP contribution in [0.5, 0.6) is 5.75 Å². The van der Waals surface area contributed by atoms with E-state index in [1.807, 2.05) is 6.07 Å². The van der Waals surface area contributed by atoms with Crippen molar-refractivity contribution in [1.29, 1.82) is 0 Å². The van der Waals surface area contributed by atoms with Gasteiger partial charge in [0, 0.05) is 11.4 Å². The summed E-state index contributed by atoms with van der Waals surface area (Å²) >= 11 is 0. The van der Waals surface area contributed by atoms with E-state index >= 15 is 0 Å². The van der Waals surface area contributed by atoms with Crippen LogP contribution < -0.4 is 10.1 Å². The van der Waals surface area contributed by atoms with E-state index in [1.165, 1.54) is 10.8 Å². The number of fused-ring (bicyclic) bond motifs is 1. The van der Waals surface area contributed by atoms with Gasteiger partial charge in [-0.2, -0.15) is 0 Å². The third-order valence-electron chi connectivity index (χ3n) is 3.44. The normalized spacial score (nSPS) is 12.8. The summed E-state index contributed by atoms with van der Waals surface area (Å²) in [5, 5.41) is 5.89. The lowest BCUT2D eigenvalue weighted by atomic mass is 10.1. The average molecular weight is 257 g/mol. The molecule has 2 aromatic rings. The summed E-state index contributed by atoms with van der Waals surface area (Å²) < 4.78 is 6.03. The number of rotatable bonds is 6.